The molecule has 10 heteroatoms. The third-order valence-corrected chi connectivity index (χ3v) is 3.94. The van der Waals surface area contributed by atoms with Gasteiger partial charge in [-0.2, -0.15) is 0 Å². The number of likely N-dealkylation sites (N-methyl/N-ethyl adjacent to an activating group) is 1. The fraction of sp³-hybridized carbons (Fsp3) is 0.400. The number of nitrogen functional groups attached to an aromatic ring is 1. The molecule has 0 heterocycles. The van der Waals surface area contributed by atoms with Crippen molar-refractivity contribution in [3.05, 3.63) is 28.1 Å². The highest BCUT2D eigenvalue weighted by atomic mass is 32.2. The highest BCUT2D eigenvalue weighted by molar-refractivity contribution is 7.89. The highest BCUT2D eigenvalue weighted by Gasteiger charge is 2.25. The molecule has 1 aromatic carbocycles. The molecule has 8 nitrogen and oxygen atoms in total. The van der Waals surface area contributed by atoms with Crippen molar-refractivity contribution in [2.24, 2.45) is 0 Å². The van der Waals surface area contributed by atoms with Crippen molar-refractivity contribution in [3.8, 4) is 0 Å². The Kier molecular flexibility index (Phi) is 4.98. The summed E-state index contributed by atoms with van der Waals surface area (Å²) in [5, 5.41) is 10.5. The van der Waals surface area contributed by atoms with Gasteiger partial charge in [0.05, 0.1) is 16.7 Å². The molecule has 0 aliphatic carbocycles. The van der Waals surface area contributed by atoms with E-state index in [0.717, 1.165) is 6.07 Å². The number of nitrogens with zero attached hydrogens (tertiary/aromatic N) is 2. The van der Waals surface area contributed by atoms with E-state index in [1.165, 1.54) is 0 Å². The molecule has 0 saturated carbocycles. The fourth-order valence-electron chi connectivity index (χ4n) is 1.46. The van der Waals surface area contributed by atoms with E-state index in [4.69, 9.17) is 5.73 Å². The number of nitrogens with two attached hydrogens (primary N) is 1. The van der Waals surface area contributed by atoms with Gasteiger partial charge in [-0.15, -0.1) is 0 Å². The molecular formula is C10H15FN4O4S. The van der Waals surface area contributed by atoms with Gasteiger partial charge in [0.25, 0.3) is 5.69 Å². The predicted molar refractivity (Wildman–Crippen MR) is 71.2 cm³/mol. The first kappa shape index (κ1) is 16.3. The van der Waals surface area contributed by atoms with Gasteiger partial charge in [-0.25, -0.2) is 17.5 Å². The Balaban J connectivity index is 3.10. The van der Waals surface area contributed by atoms with Crippen LogP contribution in [0.3, 0.4) is 0 Å². The van der Waals surface area contributed by atoms with E-state index in [9.17, 15) is 22.9 Å². The second-order valence-corrected chi connectivity index (χ2v) is 6.01. The lowest BCUT2D eigenvalue weighted by molar-refractivity contribution is -0.385. The molecule has 0 saturated heterocycles. The number of anilines is 1. The minimum absolute atomic E-state index is 0.0607. The van der Waals surface area contributed by atoms with Gasteiger partial charge in [-0.05, 0) is 14.1 Å². The summed E-state index contributed by atoms with van der Waals surface area (Å²) in [5.74, 6) is -1.26. The lowest BCUT2D eigenvalue weighted by Gasteiger charge is -2.12. The number of halogens is 1. The summed E-state index contributed by atoms with van der Waals surface area (Å²) < 4.78 is 39.8. The fourth-order valence-corrected chi connectivity index (χ4v) is 2.65. The van der Waals surface area contributed by atoms with E-state index >= 15 is 0 Å². The minimum atomic E-state index is -4.16. The number of nitro groups is 1. The first-order valence-corrected chi connectivity index (χ1v) is 7.01. The Hall–Kier alpha value is -1.78. The van der Waals surface area contributed by atoms with Crippen molar-refractivity contribution in [2.45, 2.75) is 4.90 Å². The molecule has 0 aromatic heterocycles. The van der Waals surface area contributed by atoms with E-state index in [-0.39, 0.29) is 6.54 Å². The third kappa shape index (κ3) is 3.85. The summed E-state index contributed by atoms with van der Waals surface area (Å²) in [6, 6.07) is 1.33. The first-order chi connectivity index (χ1) is 9.15. The van der Waals surface area contributed by atoms with Crippen LogP contribution in [-0.2, 0) is 10.0 Å². The largest absolute Gasteiger partial charge is 0.397 e. The predicted octanol–water partition coefficient (Wildman–Crippen LogP) is 0.156. The van der Waals surface area contributed by atoms with Gasteiger partial charge < -0.3 is 10.6 Å². The maximum atomic E-state index is 13.7. The molecular weight excluding hydrogens is 291 g/mol. The lowest BCUT2D eigenvalue weighted by Crippen LogP contribution is -2.32. The Morgan fingerprint density at radius 1 is 1.45 bits per heavy atom. The van der Waals surface area contributed by atoms with E-state index in [0.29, 0.717) is 12.6 Å². The zero-order chi connectivity index (χ0) is 15.5. The highest BCUT2D eigenvalue weighted by Crippen LogP contribution is 2.27. The van der Waals surface area contributed by atoms with Crippen LogP contribution in [0.2, 0.25) is 0 Å². The molecule has 0 aliphatic heterocycles. The summed E-state index contributed by atoms with van der Waals surface area (Å²) >= 11 is 0. The maximum absolute atomic E-state index is 13.7. The molecule has 3 N–H and O–H groups in total. The van der Waals surface area contributed by atoms with Crippen molar-refractivity contribution >= 4 is 21.4 Å². The number of hydrogen-bond donors (Lipinski definition) is 2. The average molecular weight is 306 g/mol. The van der Waals surface area contributed by atoms with Gasteiger partial charge in [0.2, 0.25) is 10.0 Å². The molecule has 0 aliphatic rings. The van der Waals surface area contributed by atoms with Crippen LogP contribution in [0.25, 0.3) is 0 Å². The number of sulfonamides is 1. The van der Waals surface area contributed by atoms with Crippen molar-refractivity contribution < 1.29 is 17.7 Å². The van der Waals surface area contributed by atoms with Crippen LogP contribution in [-0.4, -0.2) is 45.4 Å². The summed E-state index contributed by atoms with van der Waals surface area (Å²) in [7, 11) is -0.669. The molecule has 0 amide bonds. The number of nitro benzene ring substituents is 1. The number of rotatable bonds is 6. The summed E-state index contributed by atoms with van der Waals surface area (Å²) in [5.41, 5.74) is 4.29. The molecule has 0 fully saturated rings. The van der Waals surface area contributed by atoms with E-state index in [1.54, 1.807) is 19.0 Å². The smallest absolute Gasteiger partial charge is 0.274 e. The Bertz CT molecular complexity index is 595. The van der Waals surface area contributed by atoms with E-state index < -0.39 is 37.0 Å². The number of non-ortho nitro benzene ring substituents is 1. The van der Waals surface area contributed by atoms with E-state index in [1.807, 2.05) is 0 Å². The summed E-state index contributed by atoms with van der Waals surface area (Å²) in [6.45, 7) is 0.471. The standard InChI is InChI=1S/C10H15FN4O4S/c1-14(2)4-3-13-20(18,19)10-8(11)5-7(15(16)17)6-9(10)12/h5-6,13H,3-4,12H2,1-2H3. The second-order valence-electron chi connectivity index (χ2n) is 4.30. The van der Waals surface area contributed by atoms with E-state index in [2.05, 4.69) is 4.72 Å². The van der Waals surface area contributed by atoms with Crippen molar-refractivity contribution in [2.75, 3.05) is 32.9 Å². The van der Waals surface area contributed by atoms with Crippen LogP contribution in [0.5, 0.6) is 0 Å². The molecule has 0 radical (unpaired) electrons. The zero-order valence-corrected chi connectivity index (χ0v) is 11.8. The monoisotopic (exact) mass is 306 g/mol. The topological polar surface area (TPSA) is 119 Å². The molecule has 1 rings (SSSR count). The molecule has 20 heavy (non-hydrogen) atoms. The van der Waals surface area contributed by atoms with Crippen LogP contribution in [0.4, 0.5) is 15.8 Å². The second kappa shape index (κ2) is 6.11. The Labute approximate surface area is 115 Å². The Morgan fingerprint density at radius 3 is 2.50 bits per heavy atom. The number of hydrogen-bond acceptors (Lipinski definition) is 6. The third-order valence-electron chi connectivity index (χ3n) is 2.39. The van der Waals surface area contributed by atoms with Crippen LogP contribution in [0, 0.1) is 15.9 Å². The molecule has 0 bridgehead atoms. The van der Waals surface area contributed by atoms with Gasteiger partial charge in [-0.1, -0.05) is 0 Å². The van der Waals surface area contributed by atoms with Crippen molar-refractivity contribution in [1.82, 2.24) is 9.62 Å². The van der Waals surface area contributed by atoms with Gasteiger partial charge in [0, 0.05) is 19.2 Å². The number of nitrogens with one attached hydrogen (secondary N) is 1. The number of benzene rings is 1. The van der Waals surface area contributed by atoms with Gasteiger partial charge in [-0.3, -0.25) is 10.1 Å². The molecule has 0 atom stereocenters. The van der Waals surface area contributed by atoms with Crippen molar-refractivity contribution in [3.63, 3.8) is 0 Å². The van der Waals surface area contributed by atoms with Gasteiger partial charge >= 0.3 is 0 Å². The van der Waals surface area contributed by atoms with Crippen LogP contribution >= 0.6 is 0 Å². The zero-order valence-electron chi connectivity index (χ0n) is 11.0. The van der Waals surface area contributed by atoms with Crippen molar-refractivity contribution in [1.29, 1.82) is 0 Å². The van der Waals surface area contributed by atoms with Gasteiger partial charge in [0.1, 0.15) is 4.90 Å². The Morgan fingerprint density at radius 2 is 2.05 bits per heavy atom. The van der Waals surface area contributed by atoms with Gasteiger partial charge in [0.15, 0.2) is 5.82 Å². The molecule has 0 spiro atoms. The van der Waals surface area contributed by atoms with Crippen LogP contribution in [0.1, 0.15) is 0 Å². The summed E-state index contributed by atoms with van der Waals surface area (Å²) in [4.78, 5) is 10.6. The average Bonchev–Trinajstić information content (AvgIpc) is 2.26. The normalized spacial score (nSPS) is 11.8. The van der Waals surface area contributed by atoms with Crippen LogP contribution < -0.4 is 10.5 Å². The molecule has 0 unspecified atom stereocenters. The van der Waals surface area contributed by atoms with Crippen LogP contribution in [0.15, 0.2) is 17.0 Å². The SMILES string of the molecule is CN(C)CCNS(=O)(=O)c1c(N)cc([N+](=O)[O-])cc1F. The lowest BCUT2D eigenvalue weighted by atomic mass is 10.3. The molecule has 1 aromatic rings. The first-order valence-electron chi connectivity index (χ1n) is 5.53. The molecule has 112 valence electrons. The summed E-state index contributed by atoms with van der Waals surface area (Å²) in [6.07, 6.45) is 0. The maximum Gasteiger partial charge on any atom is 0.274 e. The quantitative estimate of drug-likeness (QED) is 0.439. The minimum Gasteiger partial charge on any atom is -0.397 e.